The molecule has 1 saturated heterocycles. The van der Waals surface area contributed by atoms with Gasteiger partial charge in [0.05, 0.1) is 16.2 Å². The zero-order chi connectivity index (χ0) is 15.3. The second-order valence-corrected chi connectivity index (χ2v) is 7.89. The first-order chi connectivity index (χ1) is 10.0. The molecule has 0 saturated carbocycles. The number of unbranched alkanes of at least 4 members (excludes halogenated alkanes) is 1. The Labute approximate surface area is 127 Å². The maximum atomic E-state index is 12.6. The van der Waals surface area contributed by atoms with Crippen LogP contribution in [0.5, 0.6) is 0 Å². The molecule has 0 aromatic heterocycles. The number of sulfone groups is 1. The van der Waals surface area contributed by atoms with Crippen molar-refractivity contribution in [2.75, 3.05) is 19.6 Å². The van der Waals surface area contributed by atoms with Gasteiger partial charge in [-0.3, -0.25) is 0 Å². The van der Waals surface area contributed by atoms with Crippen LogP contribution in [0.4, 0.5) is 0 Å². The fourth-order valence-electron chi connectivity index (χ4n) is 2.75. The molecule has 1 fully saturated rings. The SMILES string of the molecule is Cc1ccc(S(=O)(=O)C2CCN(CCCC#N)CC2)cc1. The summed E-state index contributed by atoms with van der Waals surface area (Å²) in [6.45, 7) is 4.46. The van der Waals surface area contributed by atoms with Gasteiger partial charge < -0.3 is 4.90 Å². The summed E-state index contributed by atoms with van der Waals surface area (Å²) in [7, 11) is -3.21. The second-order valence-electron chi connectivity index (χ2n) is 5.66. The van der Waals surface area contributed by atoms with E-state index in [-0.39, 0.29) is 5.25 Å². The third kappa shape index (κ3) is 4.05. The van der Waals surface area contributed by atoms with Crippen molar-refractivity contribution in [2.24, 2.45) is 0 Å². The average molecular weight is 306 g/mol. The second kappa shape index (κ2) is 7.06. The summed E-state index contributed by atoms with van der Waals surface area (Å²) in [5, 5.41) is 8.27. The summed E-state index contributed by atoms with van der Waals surface area (Å²) >= 11 is 0. The molecule has 21 heavy (non-hydrogen) atoms. The number of hydrogen-bond donors (Lipinski definition) is 0. The first kappa shape index (κ1) is 16.0. The van der Waals surface area contributed by atoms with Gasteiger partial charge in [0.1, 0.15) is 0 Å². The van der Waals surface area contributed by atoms with Crippen molar-refractivity contribution < 1.29 is 8.42 Å². The van der Waals surface area contributed by atoms with Gasteiger partial charge in [0, 0.05) is 6.42 Å². The van der Waals surface area contributed by atoms with Crippen LogP contribution >= 0.6 is 0 Å². The van der Waals surface area contributed by atoms with Gasteiger partial charge in [0.2, 0.25) is 0 Å². The summed E-state index contributed by atoms with van der Waals surface area (Å²) in [6, 6.07) is 9.27. The molecule has 0 amide bonds. The molecule has 0 unspecified atom stereocenters. The van der Waals surface area contributed by atoms with E-state index < -0.39 is 9.84 Å². The van der Waals surface area contributed by atoms with E-state index in [1.807, 2.05) is 19.1 Å². The highest BCUT2D eigenvalue weighted by Crippen LogP contribution is 2.25. The summed E-state index contributed by atoms with van der Waals surface area (Å²) in [5.41, 5.74) is 1.07. The predicted octanol–water partition coefficient (Wildman–Crippen LogP) is 2.54. The molecule has 0 bridgehead atoms. The third-order valence-corrected chi connectivity index (χ3v) is 6.36. The van der Waals surface area contributed by atoms with Crippen LogP contribution in [0.3, 0.4) is 0 Å². The lowest BCUT2D eigenvalue weighted by molar-refractivity contribution is 0.228. The Kier molecular flexibility index (Phi) is 5.38. The fourth-order valence-corrected chi connectivity index (χ4v) is 4.48. The summed E-state index contributed by atoms with van der Waals surface area (Å²) in [4.78, 5) is 2.70. The number of hydrogen-bond acceptors (Lipinski definition) is 4. The fraction of sp³-hybridized carbons (Fsp3) is 0.562. The molecule has 5 heteroatoms. The van der Waals surface area contributed by atoms with Crippen LogP contribution in [-0.4, -0.2) is 38.2 Å². The van der Waals surface area contributed by atoms with Gasteiger partial charge >= 0.3 is 0 Å². The maximum Gasteiger partial charge on any atom is 0.181 e. The molecule has 1 aromatic carbocycles. The minimum Gasteiger partial charge on any atom is -0.303 e. The first-order valence-corrected chi connectivity index (χ1v) is 8.98. The number of aryl methyl sites for hydroxylation is 1. The maximum absolute atomic E-state index is 12.6. The van der Waals surface area contributed by atoms with Crippen molar-refractivity contribution in [3.8, 4) is 6.07 Å². The molecule has 0 radical (unpaired) electrons. The van der Waals surface area contributed by atoms with E-state index in [1.54, 1.807) is 12.1 Å². The molecule has 4 nitrogen and oxygen atoms in total. The average Bonchev–Trinajstić information content (AvgIpc) is 2.48. The molecule has 1 heterocycles. The van der Waals surface area contributed by atoms with Crippen LogP contribution in [0.1, 0.15) is 31.2 Å². The number of nitrogens with zero attached hydrogens (tertiary/aromatic N) is 2. The van der Waals surface area contributed by atoms with E-state index in [9.17, 15) is 8.42 Å². The highest BCUT2D eigenvalue weighted by Gasteiger charge is 2.30. The Balaban J connectivity index is 1.95. The quantitative estimate of drug-likeness (QED) is 0.784. The molecular formula is C16H22N2O2S. The highest BCUT2D eigenvalue weighted by atomic mass is 32.2. The van der Waals surface area contributed by atoms with Crippen molar-refractivity contribution >= 4 is 9.84 Å². The van der Waals surface area contributed by atoms with Crippen LogP contribution in [0.25, 0.3) is 0 Å². The van der Waals surface area contributed by atoms with E-state index in [2.05, 4.69) is 11.0 Å². The molecule has 1 aromatic rings. The van der Waals surface area contributed by atoms with Crippen LogP contribution < -0.4 is 0 Å². The molecule has 1 aliphatic heterocycles. The van der Waals surface area contributed by atoms with E-state index in [1.165, 1.54) is 0 Å². The van der Waals surface area contributed by atoms with E-state index in [0.29, 0.717) is 24.2 Å². The lowest BCUT2D eigenvalue weighted by Gasteiger charge is -2.31. The summed E-state index contributed by atoms with van der Waals surface area (Å²) < 4.78 is 25.2. The Hall–Kier alpha value is -1.38. The van der Waals surface area contributed by atoms with Crippen molar-refractivity contribution in [1.82, 2.24) is 4.90 Å². The monoisotopic (exact) mass is 306 g/mol. The van der Waals surface area contributed by atoms with Crippen LogP contribution in [-0.2, 0) is 9.84 Å². The number of piperidine rings is 1. The molecule has 0 N–H and O–H groups in total. The van der Waals surface area contributed by atoms with Crippen molar-refractivity contribution in [3.63, 3.8) is 0 Å². The lowest BCUT2D eigenvalue weighted by atomic mass is 10.1. The normalized spacial score (nSPS) is 17.5. The third-order valence-electron chi connectivity index (χ3n) is 4.09. The van der Waals surface area contributed by atoms with E-state index in [0.717, 1.165) is 31.6 Å². The standard InChI is InChI=1S/C16H22N2O2S/c1-14-4-6-15(7-5-14)21(19,20)16-8-12-18(13-9-16)11-3-2-10-17/h4-7,16H,2-3,8-9,11-13H2,1H3. The van der Waals surface area contributed by atoms with Crippen molar-refractivity contribution in [2.45, 2.75) is 42.8 Å². The van der Waals surface area contributed by atoms with Gasteiger partial charge in [-0.15, -0.1) is 0 Å². The Bertz CT molecular complexity index is 594. The van der Waals surface area contributed by atoms with Crippen LogP contribution in [0.2, 0.25) is 0 Å². The minimum atomic E-state index is -3.21. The van der Waals surface area contributed by atoms with Gasteiger partial charge in [-0.25, -0.2) is 8.42 Å². The number of likely N-dealkylation sites (tertiary alicyclic amines) is 1. The van der Waals surface area contributed by atoms with Gasteiger partial charge in [-0.1, -0.05) is 17.7 Å². The van der Waals surface area contributed by atoms with E-state index >= 15 is 0 Å². The summed E-state index contributed by atoms with van der Waals surface area (Å²) in [6.07, 6.45) is 2.80. The topological polar surface area (TPSA) is 61.2 Å². The zero-order valence-electron chi connectivity index (χ0n) is 12.5. The largest absolute Gasteiger partial charge is 0.303 e. The number of benzene rings is 1. The first-order valence-electron chi connectivity index (χ1n) is 7.44. The van der Waals surface area contributed by atoms with Gasteiger partial charge in [0.15, 0.2) is 9.84 Å². The predicted molar refractivity (Wildman–Crippen MR) is 82.7 cm³/mol. The van der Waals surface area contributed by atoms with Crippen molar-refractivity contribution in [3.05, 3.63) is 29.8 Å². The van der Waals surface area contributed by atoms with Crippen LogP contribution in [0, 0.1) is 18.3 Å². The zero-order valence-corrected chi connectivity index (χ0v) is 13.3. The van der Waals surface area contributed by atoms with Crippen LogP contribution in [0.15, 0.2) is 29.2 Å². The minimum absolute atomic E-state index is 0.271. The summed E-state index contributed by atoms with van der Waals surface area (Å²) in [5.74, 6) is 0. The van der Waals surface area contributed by atoms with Gasteiger partial charge in [-0.05, 0) is 58.0 Å². The number of rotatable bonds is 5. The highest BCUT2D eigenvalue weighted by molar-refractivity contribution is 7.92. The van der Waals surface area contributed by atoms with Crippen molar-refractivity contribution in [1.29, 1.82) is 5.26 Å². The van der Waals surface area contributed by atoms with E-state index in [4.69, 9.17) is 5.26 Å². The molecule has 0 spiro atoms. The molecule has 1 aliphatic rings. The molecule has 0 aliphatic carbocycles. The Morgan fingerprint density at radius 3 is 2.43 bits per heavy atom. The lowest BCUT2D eigenvalue weighted by Crippen LogP contribution is -2.39. The van der Waals surface area contributed by atoms with Gasteiger partial charge in [0.25, 0.3) is 0 Å². The molecular weight excluding hydrogens is 284 g/mol. The molecule has 2 rings (SSSR count). The smallest absolute Gasteiger partial charge is 0.181 e. The Morgan fingerprint density at radius 1 is 1.24 bits per heavy atom. The molecule has 0 atom stereocenters. The molecule has 114 valence electrons. The number of nitriles is 1. The van der Waals surface area contributed by atoms with Gasteiger partial charge in [-0.2, -0.15) is 5.26 Å². The Morgan fingerprint density at radius 2 is 1.86 bits per heavy atom.